The highest BCUT2D eigenvalue weighted by atomic mass is 16.5. The number of aryl methyl sites for hydroxylation is 1. The topological polar surface area (TPSA) is 77.5 Å². The minimum absolute atomic E-state index is 0.102. The van der Waals surface area contributed by atoms with Crippen LogP contribution in [0.25, 0.3) is 22.3 Å². The highest BCUT2D eigenvalue weighted by molar-refractivity contribution is 5.84. The molecule has 0 saturated heterocycles. The van der Waals surface area contributed by atoms with Gasteiger partial charge in [0.2, 0.25) is 5.88 Å². The third-order valence-corrected chi connectivity index (χ3v) is 4.42. The van der Waals surface area contributed by atoms with Gasteiger partial charge >= 0.3 is 0 Å². The van der Waals surface area contributed by atoms with Gasteiger partial charge in [0.1, 0.15) is 18.0 Å². The first kappa shape index (κ1) is 15.0. The molecule has 0 radical (unpaired) electrons. The molecule has 4 rings (SSSR count). The molecule has 1 N–H and O–H groups in total. The summed E-state index contributed by atoms with van der Waals surface area (Å²) in [6.45, 7) is 6.54. The highest BCUT2D eigenvalue weighted by Gasteiger charge is 2.25. The summed E-state index contributed by atoms with van der Waals surface area (Å²) in [6, 6.07) is 3.64. The molecule has 0 fully saturated rings. The quantitative estimate of drug-likeness (QED) is 0.783. The zero-order chi connectivity index (χ0) is 17.0. The largest absolute Gasteiger partial charge is 0.475 e. The molecular weight excluding hydrogens is 308 g/mol. The zero-order valence-corrected chi connectivity index (χ0v) is 13.8. The van der Waals surface area contributed by atoms with E-state index in [0.717, 1.165) is 5.56 Å². The Labute approximate surface area is 138 Å². The fraction of sp³-hybridized carbons (Fsp3) is 0.333. The Morgan fingerprint density at radius 3 is 2.88 bits per heavy atom. The van der Waals surface area contributed by atoms with E-state index in [2.05, 4.69) is 5.10 Å². The smallest absolute Gasteiger partial charge is 0.223 e. The molecule has 3 aromatic rings. The number of benzene rings is 1. The van der Waals surface area contributed by atoms with Crippen molar-refractivity contribution in [1.82, 2.24) is 9.78 Å². The number of hydrogen-bond acceptors (Lipinski definition) is 5. The van der Waals surface area contributed by atoms with Gasteiger partial charge in [-0.25, -0.2) is 4.68 Å². The average Bonchev–Trinajstić information content (AvgIpc) is 3.14. The van der Waals surface area contributed by atoms with Crippen LogP contribution in [0.4, 0.5) is 0 Å². The summed E-state index contributed by atoms with van der Waals surface area (Å²) in [4.78, 5) is 12.9. The van der Waals surface area contributed by atoms with E-state index < -0.39 is 6.10 Å². The predicted molar refractivity (Wildman–Crippen MR) is 89.3 cm³/mol. The summed E-state index contributed by atoms with van der Waals surface area (Å²) < 4.78 is 13.5. The summed E-state index contributed by atoms with van der Waals surface area (Å²) in [7, 11) is 0. The van der Waals surface area contributed by atoms with Gasteiger partial charge < -0.3 is 14.3 Å². The van der Waals surface area contributed by atoms with Crippen molar-refractivity contribution in [1.29, 1.82) is 0 Å². The lowest BCUT2D eigenvalue weighted by molar-refractivity contribution is 0.199. The van der Waals surface area contributed by atoms with E-state index in [-0.39, 0.29) is 5.43 Å². The molecule has 0 unspecified atom stereocenters. The molecule has 0 saturated carbocycles. The van der Waals surface area contributed by atoms with Crippen molar-refractivity contribution in [3.05, 3.63) is 45.2 Å². The van der Waals surface area contributed by atoms with Crippen LogP contribution in [0.15, 0.2) is 27.5 Å². The average molecular weight is 326 g/mol. The molecule has 124 valence electrons. The second kappa shape index (κ2) is 5.21. The molecule has 6 heteroatoms. The van der Waals surface area contributed by atoms with Gasteiger partial charge in [0.15, 0.2) is 5.43 Å². The molecule has 24 heavy (non-hydrogen) atoms. The molecule has 3 heterocycles. The fourth-order valence-electron chi connectivity index (χ4n) is 3.21. The Morgan fingerprint density at radius 1 is 1.33 bits per heavy atom. The van der Waals surface area contributed by atoms with Crippen LogP contribution in [0.1, 0.15) is 29.7 Å². The monoisotopic (exact) mass is 326 g/mol. The molecule has 1 atom stereocenters. The van der Waals surface area contributed by atoms with Gasteiger partial charge in [-0.1, -0.05) is 0 Å². The highest BCUT2D eigenvalue weighted by Crippen LogP contribution is 2.36. The maximum Gasteiger partial charge on any atom is 0.223 e. The van der Waals surface area contributed by atoms with Gasteiger partial charge in [0, 0.05) is 11.1 Å². The van der Waals surface area contributed by atoms with Gasteiger partial charge in [-0.2, -0.15) is 5.10 Å². The number of rotatable bonds is 2. The van der Waals surface area contributed by atoms with Crippen LogP contribution in [0.2, 0.25) is 0 Å². The van der Waals surface area contributed by atoms with Crippen LogP contribution >= 0.6 is 0 Å². The minimum atomic E-state index is -0.736. The third kappa shape index (κ3) is 2.06. The SMILES string of the molecule is Cc1cc([C@H](C)O)c2oc(-c3cnn4c3OCC4)c(C)c(=O)c2c1. The van der Waals surface area contributed by atoms with E-state index in [1.54, 1.807) is 30.8 Å². The summed E-state index contributed by atoms with van der Waals surface area (Å²) in [5.41, 5.74) is 3.01. The molecule has 0 aliphatic carbocycles. The minimum Gasteiger partial charge on any atom is -0.475 e. The van der Waals surface area contributed by atoms with Crippen LogP contribution in [0, 0.1) is 13.8 Å². The maximum absolute atomic E-state index is 12.9. The van der Waals surface area contributed by atoms with E-state index in [1.165, 1.54) is 0 Å². The summed E-state index contributed by atoms with van der Waals surface area (Å²) in [6.07, 6.45) is 0.919. The van der Waals surface area contributed by atoms with E-state index in [9.17, 15) is 9.90 Å². The summed E-state index contributed by atoms with van der Waals surface area (Å²) in [5, 5.41) is 14.8. The number of nitrogens with zero attached hydrogens (tertiary/aromatic N) is 2. The fourth-order valence-corrected chi connectivity index (χ4v) is 3.21. The van der Waals surface area contributed by atoms with Gasteiger partial charge in [0.25, 0.3) is 0 Å². The second-order valence-electron chi connectivity index (χ2n) is 6.23. The summed E-state index contributed by atoms with van der Waals surface area (Å²) in [5.74, 6) is 1.06. The molecule has 6 nitrogen and oxygen atoms in total. The number of hydrogen-bond donors (Lipinski definition) is 1. The van der Waals surface area contributed by atoms with E-state index in [4.69, 9.17) is 9.15 Å². The zero-order valence-electron chi connectivity index (χ0n) is 13.8. The standard InChI is InChI=1S/C18H18N2O4/c1-9-6-12(11(3)21)17-13(7-9)15(22)10(2)16(24-17)14-8-19-20-4-5-23-18(14)20/h6-8,11,21H,4-5H2,1-3H3/t11-/m0/s1. The molecule has 1 aliphatic heterocycles. The Balaban J connectivity index is 2.07. The molecule has 1 aliphatic rings. The van der Waals surface area contributed by atoms with E-state index in [0.29, 0.717) is 52.5 Å². The Hall–Kier alpha value is -2.60. The summed E-state index contributed by atoms with van der Waals surface area (Å²) >= 11 is 0. The lowest BCUT2D eigenvalue weighted by atomic mass is 10.0. The molecule has 2 aromatic heterocycles. The number of aromatic nitrogens is 2. The molecule has 0 bridgehead atoms. The van der Waals surface area contributed by atoms with Crippen molar-refractivity contribution in [2.24, 2.45) is 0 Å². The van der Waals surface area contributed by atoms with Crippen LogP contribution in [0.5, 0.6) is 5.88 Å². The van der Waals surface area contributed by atoms with Crippen molar-refractivity contribution < 1.29 is 14.3 Å². The van der Waals surface area contributed by atoms with Gasteiger partial charge in [0.05, 0.1) is 29.8 Å². The molecule has 1 aromatic carbocycles. The van der Waals surface area contributed by atoms with Crippen molar-refractivity contribution in [2.45, 2.75) is 33.4 Å². The lowest BCUT2D eigenvalue weighted by Gasteiger charge is -2.12. The molecule has 0 amide bonds. The number of ether oxygens (including phenoxy) is 1. The first-order valence-corrected chi connectivity index (χ1v) is 7.92. The first-order chi connectivity index (χ1) is 11.5. The number of aliphatic hydroxyl groups excluding tert-OH is 1. The Kier molecular flexibility index (Phi) is 3.25. The normalized spacial score (nSPS) is 14.7. The first-order valence-electron chi connectivity index (χ1n) is 7.92. The van der Waals surface area contributed by atoms with E-state index in [1.807, 2.05) is 13.0 Å². The van der Waals surface area contributed by atoms with Crippen LogP contribution < -0.4 is 10.2 Å². The molecule has 0 spiro atoms. The second-order valence-corrected chi connectivity index (χ2v) is 6.23. The number of fused-ring (bicyclic) bond motifs is 2. The van der Waals surface area contributed by atoms with E-state index >= 15 is 0 Å². The van der Waals surface area contributed by atoms with Crippen LogP contribution in [-0.4, -0.2) is 21.5 Å². The van der Waals surface area contributed by atoms with Gasteiger partial charge in [-0.3, -0.25) is 4.79 Å². The van der Waals surface area contributed by atoms with Gasteiger partial charge in [-0.05, 0) is 38.5 Å². The number of aliphatic hydroxyl groups is 1. The maximum atomic E-state index is 12.9. The Morgan fingerprint density at radius 2 is 2.12 bits per heavy atom. The molecular formula is C18H18N2O4. The predicted octanol–water partition coefficient (Wildman–Crippen LogP) is 2.72. The van der Waals surface area contributed by atoms with Gasteiger partial charge in [-0.15, -0.1) is 0 Å². The van der Waals surface area contributed by atoms with Crippen molar-refractivity contribution >= 4 is 11.0 Å². The third-order valence-electron chi connectivity index (χ3n) is 4.42. The van der Waals surface area contributed by atoms with Crippen LogP contribution in [-0.2, 0) is 6.54 Å². The lowest BCUT2D eigenvalue weighted by Crippen LogP contribution is -2.09. The van der Waals surface area contributed by atoms with Crippen molar-refractivity contribution in [3.8, 4) is 17.2 Å². The van der Waals surface area contributed by atoms with Crippen molar-refractivity contribution in [3.63, 3.8) is 0 Å². The van der Waals surface area contributed by atoms with Crippen LogP contribution in [0.3, 0.4) is 0 Å². The van der Waals surface area contributed by atoms with Crippen molar-refractivity contribution in [2.75, 3.05) is 6.61 Å². The Bertz CT molecular complexity index is 1010.